The highest BCUT2D eigenvalue weighted by atomic mass is 16.5. The molecule has 21 heavy (non-hydrogen) atoms. The van der Waals surface area contributed by atoms with Gasteiger partial charge in [0, 0.05) is 32.3 Å². The normalized spacial score (nSPS) is 23.0. The number of nitrogens with one attached hydrogen (secondary N) is 1. The Kier molecular flexibility index (Phi) is 6.02. The highest BCUT2D eigenvalue weighted by Gasteiger charge is 2.39. The number of methoxy groups -OCH3 is 1. The number of rotatable bonds is 8. The van der Waals surface area contributed by atoms with Crippen molar-refractivity contribution in [3.8, 4) is 0 Å². The largest absolute Gasteiger partial charge is 0.468 e. The maximum atomic E-state index is 12.1. The van der Waals surface area contributed by atoms with Crippen LogP contribution < -0.4 is 5.32 Å². The number of carbonyl (C=O) groups is 1. The van der Waals surface area contributed by atoms with Crippen molar-refractivity contribution in [1.29, 1.82) is 0 Å². The molecule has 1 N–H and O–H groups in total. The van der Waals surface area contributed by atoms with Crippen LogP contribution in [-0.2, 0) is 14.3 Å². The van der Waals surface area contributed by atoms with E-state index in [9.17, 15) is 4.79 Å². The molecule has 1 aliphatic heterocycles. The summed E-state index contributed by atoms with van der Waals surface area (Å²) in [4.78, 5) is 14.4. The van der Waals surface area contributed by atoms with E-state index in [1.54, 1.807) is 0 Å². The lowest BCUT2D eigenvalue weighted by Crippen LogP contribution is -2.53. The first-order valence-electron chi connectivity index (χ1n) is 8.16. The monoisotopic (exact) mass is 298 g/mol. The maximum absolute atomic E-state index is 12.1. The van der Waals surface area contributed by atoms with Crippen molar-refractivity contribution < 1.29 is 14.3 Å². The molecule has 1 saturated carbocycles. The van der Waals surface area contributed by atoms with Gasteiger partial charge in [-0.2, -0.15) is 0 Å². The Labute approximate surface area is 128 Å². The number of nitrogens with zero attached hydrogens (tertiary/aromatic N) is 1. The van der Waals surface area contributed by atoms with E-state index in [0.29, 0.717) is 6.04 Å². The molecular formula is C16H30N2O3. The van der Waals surface area contributed by atoms with Crippen LogP contribution in [-0.4, -0.2) is 62.9 Å². The molecule has 1 unspecified atom stereocenters. The Bertz CT molecular complexity index is 340. The Morgan fingerprint density at radius 3 is 2.57 bits per heavy atom. The molecule has 0 spiro atoms. The zero-order valence-corrected chi connectivity index (χ0v) is 13.7. The van der Waals surface area contributed by atoms with Gasteiger partial charge < -0.3 is 14.4 Å². The minimum absolute atomic E-state index is 0.145. The van der Waals surface area contributed by atoms with Crippen LogP contribution >= 0.6 is 0 Å². The van der Waals surface area contributed by atoms with E-state index >= 15 is 0 Å². The van der Waals surface area contributed by atoms with E-state index in [2.05, 4.69) is 17.3 Å². The number of hydrogen-bond acceptors (Lipinski definition) is 5. The van der Waals surface area contributed by atoms with Gasteiger partial charge in [-0.3, -0.25) is 10.1 Å². The van der Waals surface area contributed by atoms with Gasteiger partial charge in [-0.1, -0.05) is 0 Å². The fourth-order valence-corrected chi connectivity index (χ4v) is 3.01. The van der Waals surface area contributed by atoms with E-state index < -0.39 is 5.54 Å². The molecule has 2 aliphatic rings. The third-order valence-corrected chi connectivity index (χ3v) is 4.64. The smallest absolute Gasteiger partial charge is 0.325 e. The topological polar surface area (TPSA) is 50.8 Å². The number of ether oxygens (including phenoxy) is 2. The second-order valence-electron chi connectivity index (χ2n) is 6.81. The molecular weight excluding hydrogens is 268 g/mol. The minimum Gasteiger partial charge on any atom is -0.468 e. The van der Waals surface area contributed by atoms with Gasteiger partial charge in [0.1, 0.15) is 5.54 Å². The third kappa shape index (κ3) is 5.24. The lowest BCUT2D eigenvalue weighted by molar-refractivity contribution is -0.148. The summed E-state index contributed by atoms with van der Waals surface area (Å²) in [6, 6.07) is 0.495. The first kappa shape index (κ1) is 16.7. The van der Waals surface area contributed by atoms with Gasteiger partial charge in [0.25, 0.3) is 0 Å². The summed E-state index contributed by atoms with van der Waals surface area (Å²) in [6.45, 7) is 5.75. The zero-order chi connectivity index (χ0) is 15.3. The molecule has 2 rings (SSSR count). The summed E-state index contributed by atoms with van der Waals surface area (Å²) < 4.78 is 10.4. The van der Waals surface area contributed by atoms with Crippen LogP contribution in [0.3, 0.4) is 0 Å². The summed E-state index contributed by atoms with van der Waals surface area (Å²) in [5.74, 6) is 0.582. The van der Waals surface area contributed by atoms with Gasteiger partial charge in [0.15, 0.2) is 0 Å². The standard InChI is InChI=1S/C16H30N2O3/c1-16(15(19)20-3,17-14-4-5-14)8-9-18(2)12-13-6-10-21-11-7-13/h13-14,17H,4-12H2,1-3H3. The predicted molar refractivity (Wildman–Crippen MR) is 82.2 cm³/mol. The van der Waals surface area contributed by atoms with Crippen molar-refractivity contribution in [3.63, 3.8) is 0 Å². The molecule has 1 atom stereocenters. The highest BCUT2D eigenvalue weighted by molar-refractivity contribution is 5.80. The quantitative estimate of drug-likeness (QED) is 0.687. The van der Waals surface area contributed by atoms with Gasteiger partial charge >= 0.3 is 5.97 Å². The van der Waals surface area contributed by atoms with E-state index in [4.69, 9.17) is 9.47 Å². The van der Waals surface area contributed by atoms with E-state index in [1.165, 1.54) is 20.0 Å². The van der Waals surface area contributed by atoms with Crippen molar-refractivity contribution >= 4 is 5.97 Å². The van der Waals surface area contributed by atoms with Crippen LogP contribution in [0, 0.1) is 5.92 Å². The van der Waals surface area contributed by atoms with Crippen LogP contribution in [0.4, 0.5) is 0 Å². The van der Waals surface area contributed by atoms with Gasteiger partial charge in [0.05, 0.1) is 7.11 Å². The average molecular weight is 298 g/mol. The molecule has 0 aromatic carbocycles. The fourth-order valence-electron chi connectivity index (χ4n) is 3.01. The molecule has 0 aromatic heterocycles. The predicted octanol–water partition coefficient (Wildman–Crippen LogP) is 1.42. The SMILES string of the molecule is COC(=O)C(C)(CCN(C)CC1CCOCC1)NC1CC1. The molecule has 1 aliphatic carbocycles. The van der Waals surface area contributed by atoms with Crippen LogP contribution in [0.2, 0.25) is 0 Å². The fraction of sp³-hybridized carbons (Fsp3) is 0.938. The summed E-state index contributed by atoms with van der Waals surface area (Å²) in [6.07, 6.45) is 5.43. The van der Waals surface area contributed by atoms with Crippen molar-refractivity contribution in [3.05, 3.63) is 0 Å². The van der Waals surface area contributed by atoms with E-state index in [1.807, 2.05) is 6.92 Å². The number of hydrogen-bond donors (Lipinski definition) is 1. The second kappa shape index (κ2) is 7.56. The Morgan fingerprint density at radius 2 is 2.00 bits per heavy atom. The first-order valence-corrected chi connectivity index (χ1v) is 8.16. The van der Waals surface area contributed by atoms with Crippen LogP contribution in [0.25, 0.3) is 0 Å². The van der Waals surface area contributed by atoms with Crippen LogP contribution in [0.1, 0.15) is 39.0 Å². The molecule has 122 valence electrons. The summed E-state index contributed by atoms with van der Waals surface area (Å²) >= 11 is 0. The Hall–Kier alpha value is -0.650. The average Bonchev–Trinajstić information content (AvgIpc) is 3.29. The summed E-state index contributed by atoms with van der Waals surface area (Å²) in [7, 11) is 3.62. The van der Waals surface area contributed by atoms with Gasteiger partial charge in [-0.15, -0.1) is 0 Å². The molecule has 0 aromatic rings. The molecule has 0 bridgehead atoms. The molecule has 2 fully saturated rings. The van der Waals surface area contributed by atoms with Gasteiger partial charge in [-0.25, -0.2) is 0 Å². The Balaban J connectivity index is 1.78. The Morgan fingerprint density at radius 1 is 1.33 bits per heavy atom. The van der Waals surface area contributed by atoms with Crippen molar-refractivity contribution in [1.82, 2.24) is 10.2 Å². The molecule has 1 saturated heterocycles. The number of esters is 1. The maximum Gasteiger partial charge on any atom is 0.325 e. The molecule has 0 amide bonds. The number of carbonyl (C=O) groups excluding carboxylic acids is 1. The minimum atomic E-state index is -0.556. The summed E-state index contributed by atoms with van der Waals surface area (Å²) in [5.41, 5.74) is -0.556. The molecule has 0 radical (unpaired) electrons. The van der Waals surface area contributed by atoms with Gasteiger partial charge in [-0.05, 0) is 52.0 Å². The molecule has 1 heterocycles. The van der Waals surface area contributed by atoms with E-state index in [-0.39, 0.29) is 5.97 Å². The third-order valence-electron chi connectivity index (χ3n) is 4.64. The van der Waals surface area contributed by atoms with Crippen molar-refractivity contribution in [2.45, 2.75) is 50.6 Å². The second-order valence-corrected chi connectivity index (χ2v) is 6.81. The van der Waals surface area contributed by atoms with Gasteiger partial charge in [0.2, 0.25) is 0 Å². The van der Waals surface area contributed by atoms with E-state index in [0.717, 1.165) is 51.5 Å². The van der Waals surface area contributed by atoms with Crippen LogP contribution in [0.5, 0.6) is 0 Å². The lowest BCUT2D eigenvalue weighted by atomic mass is 9.96. The molecule has 5 heteroatoms. The van der Waals surface area contributed by atoms with Crippen molar-refractivity contribution in [2.75, 3.05) is 40.5 Å². The zero-order valence-electron chi connectivity index (χ0n) is 13.7. The highest BCUT2D eigenvalue weighted by Crippen LogP contribution is 2.25. The lowest BCUT2D eigenvalue weighted by Gasteiger charge is -2.32. The first-order chi connectivity index (χ1) is 10.0. The summed E-state index contributed by atoms with van der Waals surface area (Å²) in [5, 5.41) is 3.46. The molecule has 5 nitrogen and oxygen atoms in total. The van der Waals surface area contributed by atoms with Crippen molar-refractivity contribution in [2.24, 2.45) is 5.92 Å². The van der Waals surface area contributed by atoms with Crippen LogP contribution in [0.15, 0.2) is 0 Å².